The fraction of sp³-hybridized carbons (Fsp3) is 0.279. The average Bonchev–Trinajstić information content (AvgIpc) is 3.73. The number of ether oxygens (including phenoxy) is 2. The third kappa shape index (κ3) is 7.00. The van der Waals surface area contributed by atoms with Crippen LogP contribution >= 0.6 is 0 Å². The number of benzene rings is 3. The van der Waals surface area contributed by atoms with E-state index in [2.05, 4.69) is 22.0 Å². The first-order valence-corrected chi connectivity index (χ1v) is 18.4. The van der Waals surface area contributed by atoms with E-state index in [0.29, 0.717) is 72.2 Å². The quantitative estimate of drug-likeness (QED) is 0.182. The molecule has 5 heterocycles. The van der Waals surface area contributed by atoms with Crippen molar-refractivity contribution in [1.29, 1.82) is 0 Å². The largest absolute Gasteiger partial charge is 0.508 e. The molecule has 55 heavy (non-hydrogen) atoms. The van der Waals surface area contributed by atoms with Crippen molar-refractivity contribution >= 4 is 34.2 Å². The summed E-state index contributed by atoms with van der Waals surface area (Å²) < 4.78 is 30.2. The van der Waals surface area contributed by atoms with Gasteiger partial charge in [0.1, 0.15) is 17.2 Å². The lowest BCUT2D eigenvalue weighted by molar-refractivity contribution is 0.0193. The van der Waals surface area contributed by atoms with Crippen LogP contribution in [0.1, 0.15) is 37.5 Å². The van der Waals surface area contributed by atoms with Crippen molar-refractivity contribution < 1.29 is 28.6 Å². The minimum atomic E-state index is -0.504. The van der Waals surface area contributed by atoms with E-state index in [9.17, 15) is 14.7 Å². The van der Waals surface area contributed by atoms with Gasteiger partial charge < -0.3 is 28.6 Å². The number of fused-ring (bicyclic) bond motifs is 2. The van der Waals surface area contributed by atoms with Gasteiger partial charge in [-0.05, 0) is 78.2 Å². The van der Waals surface area contributed by atoms with Crippen molar-refractivity contribution in [1.82, 2.24) is 23.9 Å². The number of aromatic nitrogens is 3. The van der Waals surface area contributed by atoms with Crippen molar-refractivity contribution in [2.24, 2.45) is 14.1 Å². The lowest BCUT2D eigenvalue weighted by atomic mass is 9.92. The Hall–Kier alpha value is -5.82. The number of phenols is 1. The molecule has 2 aliphatic heterocycles. The zero-order valence-electron chi connectivity index (χ0n) is 31.1. The summed E-state index contributed by atoms with van der Waals surface area (Å²) in [5.41, 5.74) is 6.14. The van der Waals surface area contributed by atoms with E-state index < -0.39 is 5.82 Å². The van der Waals surface area contributed by atoms with Gasteiger partial charge in [-0.3, -0.25) is 19.4 Å². The number of carbonyl (C=O) groups is 2. The van der Waals surface area contributed by atoms with Gasteiger partial charge in [-0.25, -0.2) is 9.37 Å². The maximum Gasteiger partial charge on any atom is 0.264 e. The molecule has 0 aliphatic carbocycles. The highest BCUT2D eigenvalue weighted by Crippen LogP contribution is 2.36. The van der Waals surface area contributed by atoms with Gasteiger partial charge in [-0.15, -0.1) is 0 Å². The maximum absolute atomic E-state index is 15.3. The predicted molar refractivity (Wildman–Crippen MR) is 208 cm³/mol. The smallest absolute Gasteiger partial charge is 0.264 e. The van der Waals surface area contributed by atoms with Gasteiger partial charge in [0.2, 0.25) is 0 Å². The predicted octanol–water partition coefficient (Wildman–Crippen LogP) is 6.45. The lowest BCUT2D eigenvalue weighted by Crippen LogP contribution is -2.52. The molecule has 3 aromatic carbocycles. The van der Waals surface area contributed by atoms with E-state index in [1.807, 2.05) is 47.0 Å². The van der Waals surface area contributed by atoms with Crippen LogP contribution in [0.15, 0.2) is 97.3 Å². The van der Waals surface area contributed by atoms with E-state index in [1.54, 1.807) is 49.2 Å². The first-order valence-electron chi connectivity index (χ1n) is 18.4. The van der Waals surface area contributed by atoms with Crippen molar-refractivity contribution in [2.45, 2.75) is 25.6 Å². The van der Waals surface area contributed by atoms with Crippen molar-refractivity contribution in [2.75, 3.05) is 44.9 Å². The molecule has 8 rings (SSSR count). The molecule has 6 aromatic rings. The minimum Gasteiger partial charge on any atom is -0.508 e. The molecule has 2 amide bonds. The highest BCUT2D eigenvalue weighted by molar-refractivity contribution is 6.13. The van der Waals surface area contributed by atoms with Gasteiger partial charge >= 0.3 is 0 Å². The van der Waals surface area contributed by atoms with Crippen molar-refractivity contribution in [3.8, 4) is 17.0 Å². The molecule has 1 fully saturated rings. The van der Waals surface area contributed by atoms with Crippen molar-refractivity contribution in [3.63, 3.8) is 0 Å². The second-order valence-electron chi connectivity index (χ2n) is 14.2. The van der Waals surface area contributed by atoms with Gasteiger partial charge in [0.05, 0.1) is 43.0 Å². The Bertz CT molecular complexity index is 2380. The van der Waals surface area contributed by atoms with E-state index in [1.165, 1.54) is 34.7 Å². The highest BCUT2D eigenvalue weighted by Gasteiger charge is 2.34. The fourth-order valence-electron chi connectivity index (χ4n) is 7.91. The normalized spacial score (nSPS) is 16.0. The van der Waals surface area contributed by atoms with Crippen LogP contribution in [-0.4, -0.2) is 86.8 Å². The molecular weight excluding hydrogens is 700 g/mol. The van der Waals surface area contributed by atoms with Gasteiger partial charge in [0, 0.05) is 87.5 Å². The number of nitrogens with zero attached hydrogens (tertiary/aromatic N) is 6. The summed E-state index contributed by atoms with van der Waals surface area (Å²) in [4.78, 5) is 40.3. The monoisotopic (exact) mass is 742 g/mol. The topological polar surface area (TPSA) is 105 Å². The van der Waals surface area contributed by atoms with E-state index >= 15 is 4.39 Å². The summed E-state index contributed by atoms with van der Waals surface area (Å²) in [6, 6.07) is 24.2. The standard InChI is InChI=1S/C43H43FN6O5/c1-46-15-14-29-21-33(24-45-41(29)46)50(32-9-11-35(51)12-10-32)43(53)38-23-39(47(2)40(38)27-54-3)37-22-31(44)8-13-36(37)42(52)49-25-30-7-5-4-6-28(30)20-34(49)26-48-16-18-55-19-17-48/h4-15,21-24,34,51H,16-20,25-27H2,1-3H3/t34-/m0/s1. The van der Waals surface area contributed by atoms with Crippen LogP contribution in [0, 0.1) is 5.82 Å². The number of anilines is 2. The minimum absolute atomic E-state index is 0.0579. The molecular formula is C43H43FN6O5. The summed E-state index contributed by atoms with van der Waals surface area (Å²) in [5.74, 6) is -1.05. The number of hydrogen-bond acceptors (Lipinski definition) is 7. The average molecular weight is 743 g/mol. The third-order valence-electron chi connectivity index (χ3n) is 10.8. The summed E-state index contributed by atoms with van der Waals surface area (Å²) in [6.07, 6.45) is 4.24. The summed E-state index contributed by atoms with van der Waals surface area (Å²) in [7, 11) is 5.24. The zero-order chi connectivity index (χ0) is 38.2. The number of pyridine rings is 1. The molecule has 12 heteroatoms. The number of hydrogen-bond donors (Lipinski definition) is 1. The number of amides is 2. The Morgan fingerprint density at radius 1 is 0.945 bits per heavy atom. The second-order valence-corrected chi connectivity index (χ2v) is 14.2. The number of aromatic hydroxyl groups is 1. The molecule has 0 radical (unpaired) electrons. The summed E-state index contributed by atoms with van der Waals surface area (Å²) >= 11 is 0. The number of phenolic OH excluding ortho intramolecular Hbond substituents is 1. The van der Waals surface area contributed by atoms with Gasteiger partial charge in [-0.2, -0.15) is 0 Å². The van der Waals surface area contributed by atoms with Crippen LogP contribution in [0.3, 0.4) is 0 Å². The van der Waals surface area contributed by atoms with Crippen LogP contribution in [0.25, 0.3) is 22.3 Å². The van der Waals surface area contributed by atoms with Crippen LogP contribution in [0.5, 0.6) is 5.75 Å². The molecule has 11 nitrogen and oxygen atoms in total. The molecule has 3 aromatic heterocycles. The number of rotatable bonds is 9. The molecule has 0 saturated carbocycles. The number of halogens is 1. The molecule has 1 N–H and O–H groups in total. The SMILES string of the molecule is COCc1c(C(=O)N(c2ccc(O)cc2)c2cnc3c(ccn3C)c2)cc(-c2cc(F)ccc2C(=O)N2Cc3ccccc3C[C@H]2CN2CCOCC2)n1C. The number of carbonyl (C=O) groups excluding carboxylic acids is 2. The molecule has 282 valence electrons. The Morgan fingerprint density at radius 2 is 1.71 bits per heavy atom. The molecule has 0 unspecified atom stereocenters. The molecule has 0 bridgehead atoms. The van der Waals surface area contributed by atoms with E-state index in [0.717, 1.165) is 29.7 Å². The number of methoxy groups -OCH3 is 1. The maximum atomic E-state index is 15.3. The van der Waals surface area contributed by atoms with E-state index in [-0.39, 0.29) is 30.2 Å². The molecule has 1 atom stereocenters. The number of aryl methyl sites for hydroxylation is 1. The first-order chi connectivity index (χ1) is 26.7. The van der Waals surface area contributed by atoms with Crippen LogP contribution in [0.2, 0.25) is 0 Å². The highest BCUT2D eigenvalue weighted by atomic mass is 19.1. The summed E-state index contributed by atoms with van der Waals surface area (Å²) in [5, 5.41) is 11.0. The Labute approximate surface area is 318 Å². The van der Waals surface area contributed by atoms with Crippen LogP contribution < -0.4 is 4.90 Å². The summed E-state index contributed by atoms with van der Waals surface area (Å²) in [6.45, 7) is 4.08. The molecule has 2 aliphatic rings. The van der Waals surface area contributed by atoms with Gasteiger partial charge in [0.15, 0.2) is 0 Å². The van der Waals surface area contributed by atoms with Gasteiger partial charge in [-0.1, -0.05) is 24.3 Å². The van der Waals surface area contributed by atoms with Crippen molar-refractivity contribution in [3.05, 3.63) is 131 Å². The van der Waals surface area contributed by atoms with Gasteiger partial charge in [0.25, 0.3) is 11.8 Å². The molecule has 1 saturated heterocycles. The lowest BCUT2D eigenvalue weighted by Gasteiger charge is -2.40. The first kappa shape index (κ1) is 36.2. The fourth-order valence-corrected chi connectivity index (χ4v) is 7.91. The van der Waals surface area contributed by atoms with Crippen LogP contribution in [-0.2, 0) is 43.1 Å². The second kappa shape index (κ2) is 15.1. The Kier molecular flexibility index (Phi) is 9.95. The number of morpholine rings is 1. The Morgan fingerprint density at radius 3 is 2.47 bits per heavy atom. The van der Waals surface area contributed by atoms with E-state index in [4.69, 9.17) is 9.47 Å². The zero-order valence-corrected chi connectivity index (χ0v) is 31.1. The van der Waals surface area contributed by atoms with Crippen LogP contribution in [0.4, 0.5) is 15.8 Å². The Balaban J connectivity index is 1.21. The molecule has 0 spiro atoms. The third-order valence-corrected chi connectivity index (χ3v) is 10.8.